The molecule has 1 aromatic carbocycles. The molecule has 2 saturated heterocycles. The van der Waals surface area contributed by atoms with Crippen LogP contribution in [0.3, 0.4) is 0 Å². The van der Waals surface area contributed by atoms with Gasteiger partial charge < -0.3 is 25.6 Å². The SMILES string of the molecule is CC1Oc2cc(N3CCCC3=O)ccc2-c2cnc(Nc3cncc(N4CCC(C(N)=O)C4=O)c3)cc21. The molecule has 10 nitrogen and oxygen atoms in total. The number of benzene rings is 1. The van der Waals surface area contributed by atoms with Crippen LogP contribution in [0.1, 0.15) is 37.9 Å². The predicted molar refractivity (Wildman–Crippen MR) is 137 cm³/mol. The van der Waals surface area contributed by atoms with E-state index in [2.05, 4.69) is 15.3 Å². The minimum atomic E-state index is -0.796. The number of amides is 3. The molecule has 37 heavy (non-hydrogen) atoms. The van der Waals surface area contributed by atoms with Gasteiger partial charge in [0.2, 0.25) is 17.7 Å². The van der Waals surface area contributed by atoms with E-state index in [0.29, 0.717) is 36.6 Å². The first-order chi connectivity index (χ1) is 17.9. The van der Waals surface area contributed by atoms with Crippen molar-refractivity contribution >= 4 is 40.6 Å². The molecule has 188 valence electrons. The Labute approximate surface area is 213 Å². The van der Waals surface area contributed by atoms with Gasteiger partial charge in [0.1, 0.15) is 23.6 Å². The van der Waals surface area contributed by atoms with E-state index in [1.165, 1.54) is 4.90 Å². The van der Waals surface area contributed by atoms with Crippen LogP contribution in [0.5, 0.6) is 5.75 Å². The van der Waals surface area contributed by atoms with Crippen molar-refractivity contribution in [3.8, 4) is 16.9 Å². The number of rotatable bonds is 5. The number of pyridine rings is 2. The molecule has 0 bridgehead atoms. The molecule has 10 heteroatoms. The first-order valence-corrected chi connectivity index (χ1v) is 12.3. The third-order valence-electron chi connectivity index (χ3n) is 7.17. The number of anilines is 4. The number of hydrogen-bond acceptors (Lipinski definition) is 7. The number of carbonyl (C=O) groups is 3. The summed E-state index contributed by atoms with van der Waals surface area (Å²) in [5.41, 5.74) is 10.4. The minimum Gasteiger partial charge on any atom is -0.485 e. The third kappa shape index (κ3) is 4.04. The fourth-order valence-corrected chi connectivity index (χ4v) is 5.27. The molecule has 2 fully saturated rings. The number of nitrogens with one attached hydrogen (secondary N) is 1. The van der Waals surface area contributed by atoms with Crippen molar-refractivity contribution < 1.29 is 19.1 Å². The van der Waals surface area contributed by atoms with Crippen LogP contribution < -0.4 is 25.6 Å². The number of fused-ring (bicyclic) bond motifs is 3. The molecule has 3 aliphatic rings. The average molecular weight is 499 g/mol. The molecule has 3 amide bonds. The van der Waals surface area contributed by atoms with Crippen molar-refractivity contribution in [1.29, 1.82) is 0 Å². The standard InChI is InChI=1S/C27H26N6O4/c1-15-21-11-24(31-16-9-18(13-29-12-16)33-8-6-20(26(28)35)27(33)36)30-14-22(21)19-5-4-17(10-23(19)37-15)32-7-2-3-25(32)34/h4-5,9-15,20H,2-3,6-8H2,1H3,(H2,28,35)(H,30,31). The lowest BCUT2D eigenvalue weighted by molar-refractivity contribution is -0.130. The van der Waals surface area contributed by atoms with Gasteiger partial charge in [0, 0.05) is 54.2 Å². The maximum absolute atomic E-state index is 12.6. The van der Waals surface area contributed by atoms with E-state index in [9.17, 15) is 14.4 Å². The van der Waals surface area contributed by atoms with E-state index in [0.717, 1.165) is 41.1 Å². The monoisotopic (exact) mass is 498 g/mol. The Morgan fingerprint density at radius 1 is 1.05 bits per heavy atom. The van der Waals surface area contributed by atoms with Crippen LogP contribution in [0.4, 0.5) is 22.9 Å². The Morgan fingerprint density at radius 2 is 1.92 bits per heavy atom. The Bertz CT molecular complexity index is 1440. The summed E-state index contributed by atoms with van der Waals surface area (Å²) in [7, 11) is 0. The van der Waals surface area contributed by atoms with Gasteiger partial charge in [-0.05, 0) is 44.0 Å². The van der Waals surface area contributed by atoms with E-state index in [1.807, 2.05) is 37.4 Å². The number of hydrogen-bond donors (Lipinski definition) is 2. The number of nitrogens with two attached hydrogens (primary N) is 1. The normalized spacial score (nSPS) is 20.5. The van der Waals surface area contributed by atoms with E-state index >= 15 is 0 Å². The summed E-state index contributed by atoms with van der Waals surface area (Å²) in [5, 5.41) is 3.26. The maximum Gasteiger partial charge on any atom is 0.239 e. The molecule has 3 N–H and O–H groups in total. The molecule has 3 aliphatic heterocycles. The summed E-state index contributed by atoms with van der Waals surface area (Å²) >= 11 is 0. The highest BCUT2D eigenvalue weighted by Gasteiger charge is 2.36. The lowest BCUT2D eigenvalue weighted by Gasteiger charge is -2.28. The highest BCUT2D eigenvalue weighted by molar-refractivity contribution is 6.09. The zero-order valence-electron chi connectivity index (χ0n) is 20.3. The quantitative estimate of drug-likeness (QED) is 0.516. The summed E-state index contributed by atoms with van der Waals surface area (Å²) < 4.78 is 6.24. The van der Waals surface area contributed by atoms with E-state index in [4.69, 9.17) is 10.5 Å². The summed E-state index contributed by atoms with van der Waals surface area (Å²) in [5.74, 6) is -0.219. The summed E-state index contributed by atoms with van der Waals surface area (Å²) in [6.07, 6.45) is 6.68. The fraction of sp³-hybridized carbons (Fsp3) is 0.296. The molecule has 0 radical (unpaired) electrons. The van der Waals surface area contributed by atoms with Crippen molar-refractivity contribution in [2.75, 3.05) is 28.2 Å². The van der Waals surface area contributed by atoms with E-state index in [-0.39, 0.29) is 17.9 Å². The van der Waals surface area contributed by atoms with Crippen LogP contribution in [-0.2, 0) is 14.4 Å². The van der Waals surface area contributed by atoms with Crippen LogP contribution in [0, 0.1) is 5.92 Å². The van der Waals surface area contributed by atoms with Crippen LogP contribution in [-0.4, -0.2) is 40.8 Å². The Morgan fingerprint density at radius 3 is 2.68 bits per heavy atom. The van der Waals surface area contributed by atoms with Crippen molar-refractivity contribution in [3.63, 3.8) is 0 Å². The molecule has 0 spiro atoms. The van der Waals surface area contributed by atoms with Gasteiger partial charge in [-0.2, -0.15) is 0 Å². The summed E-state index contributed by atoms with van der Waals surface area (Å²) in [4.78, 5) is 48.5. The second kappa shape index (κ2) is 8.88. The first-order valence-electron chi connectivity index (χ1n) is 12.3. The van der Waals surface area contributed by atoms with Gasteiger partial charge in [0.15, 0.2) is 0 Å². The first kappa shape index (κ1) is 23.0. The van der Waals surface area contributed by atoms with Gasteiger partial charge in [-0.1, -0.05) is 0 Å². The Hall–Kier alpha value is -4.47. The molecule has 0 saturated carbocycles. The zero-order chi connectivity index (χ0) is 25.7. The summed E-state index contributed by atoms with van der Waals surface area (Å²) in [6, 6.07) is 9.61. The number of carbonyl (C=O) groups excluding carboxylic acids is 3. The molecule has 2 atom stereocenters. The lowest BCUT2D eigenvalue weighted by atomic mass is 9.94. The van der Waals surface area contributed by atoms with Gasteiger partial charge in [0.25, 0.3) is 0 Å². The van der Waals surface area contributed by atoms with Gasteiger partial charge in [-0.3, -0.25) is 19.4 Å². The van der Waals surface area contributed by atoms with Gasteiger partial charge in [0.05, 0.1) is 23.8 Å². The molecule has 2 unspecified atom stereocenters. The number of ether oxygens (including phenoxy) is 1. The molecule has 5 heterocycles. The van der Waals surface area contributed by atoms with Crippen LogP contribution >= 0.6 is 0 Å². The van der Waals surface area contributed by atoms with E-state index in [1.54, 1.807) is 23.4 Å². The maximum atomic E-state index is 12.6. The van der Waals surface area contributed by atoms with Crippen molar-refractivity contribution in [2.45, 2.75) is 32.3 Å². The number of aromatic nitrogens is 2. The average Bonchev–Trinajstić information content (AvgIpc) is 3.49. The lowest BCUT2D eigenvalue weighted by Crippen LogP contribution is -2.33. The van der Waals surface area contributed by atoms with Gasteiger partial charge in [-0.15, -0.1) is 0 Å². The second-order valence-electron chi connectivity index (χ2n) is 9.54. The smallest absolute Gasteiger partial charge is 0.239 e. The van der Waals surface area contributed by atoms with Crippen molar-refractivity contribution in [3.05, 3.63) is 54.5 Å². The van der Waals surface area contributed by atoms with Crippen molar-refractivity contribution in [1.82, 2.24) is 9.97 Å². The predicted octanol–water partition coefficient (Wildman–Crippen LogP) is 3.31. The molecular weight excluding hydrogens is 472 g/mol. The molecule has 0 aliphatic carbocycles. The molecule has 6 rings (SSSR count). The molecule has 3 aromatic rings. The topological polar surface area (TPSA) is 131 Å². The molecule has 2 aromatic heterocycles. The number of nitrogens with zero attached hydrogens (tertiary/aromatic N) is 4. The van der Waals surface area contributed by atoms with Crippen molar-refractivity contribution in [2.24, 2.45) is 11.7 Å². The van der Waals surface area contributed by atoms with E-state index < -0.39 is 11.8 Å². The minimum absolute atomic E-state index is 0.141. The van der Waals surface area contributed by atoms with Crippen LogP contribution in [0.25, 0.3) is 11.1 Å². The van der Waals surface area contributed by atoms with Crippen LogP contribution in [0.2, 0.25) is 0 Å². The Balaban J connectivity index is 1.24. The second-order valence-corrected chi connectivity index (χ2v) is 9.54. The Kier molecular flexibility index (Phi) is 5.51. The van der Waals surface area contributed by atoms with Gasteiger partial charge in [-0.25, -0.2) is 4.98 Å². The fourth-order valence-electron chi connectivity index (χ4n) is 5.27. The largest absolute Gasteiger partial charge is 0.485 e. The molecular formula is C27H26N6O4. The zero-order valence-corrected chi connectivity index (χ0v) is 20.3. The van der Waals surface area contributed by atoms with Crippen LogP contribution in [0.15, 0.2) is 48.9 Å². The highest BCUT2D eigenvalue weighted by Crippen LogP contribution is 2.44. The third-order valence-corrected chi connectivity index (χ3v) is 7.17. The summed E-state index contributed by atoms with van der Waals surface area (Å²) in [6.45, 7) is 3.13. The highest BCUT2D eigenvalue weighted by atomic mass is 16.5. The number of primary amides is 1. The van der Waals surface area contributed by atoms with Gasteiger partial charge >= 0.3 is 0 Å².